The summed E-state index contributed by atoms with van der Waals surface area (Å²) in [7, 11) is 0. The lowest BCUT2D eigenvalue weighted by Gasteiger charge is -2.04. The van der Waals surface area contributed by atoms with E-state index in [4.69, 9.17) is 11.6 Å². The number of Topliss-reactive ketones (excluding diaryl/α,β-unsaturated/α-hetero) is 1. The molecule has 1 aromatic heterocycles. The molecule has 0 bridgehead atoms. The molecule has 0 unspecified atom stereocenters. The molecule has 1 aromatic rings. The molecule has 0 fully saturated rings. The number of ketones is 1. The van der Waals surface area contributed by atoms with Gasteiger partial charge in [0.15, 0.2) is 0 Å². The number of pyridine rings is 1. The van der Waals surface area contributed by atoms with Crippen molar-refractivity contribution in [3.63, 3.8) is 0 Å². The van der Waals surface area contributed by atoms with E-state index in [9.17, 15) is 4.79 Å². The number of carbonyl (C=O) groups is 1. The Bertz CT molecular complexity index is 323. The average Bonchev–Trinajstić information content (AvgIpc) is 2.07. The van der Waals surface area contributed by atoms with Gasteiger partial charge in [0.1, 0.15) is 5.78 Å². The largest absolute Gasteiger partial charge is 0.299 e. The van der Waals surface area contributed by atoms with E-state index in [0.29, 0.717) is 29.5 Å². The third kappa shape index (κ3) is 3.46. The molecule has 0 aliphatic rings. The third-order valence-electron chi connectivity index (χ3n) is 1.84. The van der Waals surface area contributed by atoms with Crippen LogP contribution in [-0.2, 0) is 11.2 Å². The van der Waals surface area contributed by atoms with Crippen LogP contribution in [0.15, 0.2) is 18.3 Å². The van der Waals surface area contributed by atoms with Gasteiger partial charge in [-0.3, -0.25) is 9.78 Å². The highest BCUT2D eigenvalue weighted by Gasteiger charge is 2.09. The molecule has 0 saturated heterocycles. The van der Waals surface area contributed by atoms with Gasteiger partial charge in [0.05, 0.1) is 17.1 Å². The molecular weight excluding hydrogens is 198 g/mol. The molecule has 2 nitrogen and oxygen atoms in total. The van der Waals surface area contributed by atoms with Crippen molar-refractivity contribution in [3.8, 4) is 0 Å². The van der Waals surface area contributed by atoms with Crippen molar-refractivity contribution in [2.45, 2.75) is 26.7 Å². The van der Waals surface area contributed by atoms with Crippen LogP contribution < -0.4 is 0 Å². The number of carbonyl (C=O) groups excluding carboxylic acids is 1. The van der Waals surface area contributed by atoms with Crippen molar-refractivity contribution in [2.75, 3.05) is 0 Å². The standard InChI is InChI=1S/C11H14ClNO/c1-8(2)6-9(14)7-11-10(12)4-3-5-13-11/h3-5,8H,6-7H2,1-2H3. The van der Waals surface area contributed by atoms with E-state index in [1.54, 1.807) is 18.3 Å². The van der Waals surface area contributed by atoms with Gasteiger partial charge in [0.2, 0.25) is 0 Å². The van der Waals surface area contributed by atoms with Gasteiger partial charge in [-0.25, -0.2) is 0 Å². The molecule has 0 aliphatic carbocycles. The van der Waals surface area contributed by atoms with Crippen LogP contribution in [0.3, 0.4) is 0 Å². The molecule has 0 aliphatic heterocycles. The number of aromatic nitrogens is 1. The predicted octanol–water partition coefficient (Wildman–Crippen LogP) is 2.89. The normalized spacial score (nSPS) is 10.6. The first-order valence-electron chi connectivity index (χ1n) is 4.70. The fourth-order valence-electron chi connectivity index (χ4n) is 1.26. The Labute approximate surface area is 89.3 Å². The zero-order chi connectivity index (χ0) is 10.6. The summed E-state index contributed by atoms with van der Waals surface area (Å²) in [5, 5.41) is 0.574. The fourth-order valence-corrected chi connectivity index (χ4v) is 1.45. The Hall–Kier alpha value is -0.890. The summed E-state index contributed by atoms with van der Waals surface area (Å²) in [4.78, 5) is 15.5. The molecule has 76 valence electrons. The first-order valence-corrected chi connectivity index (χ1v) is 5.08. The highest BCUT2D eigenvalue weighted by Crippen LogP contribution is 2.14. The monoisotopic (exact) mass is 211 g/mol. The summed E-state index contributed by atoms with van der Waals surface area (Å²) in [6.07, 6.45) is 2.59. The zero-order valence-corrected chi connectivity index (χ0v) is 9.21. The van der Waals surface area contributed by atoms with Gasteiger partial charge < -0.3 is 0 Å². The Morgan fingerprint density at radius 2 is 2.29 bits per heavy atom. The topological polar surface area (TPSA) is 30.0 Å². The molecule has 0 amide bonds. The molecule has 0 radical (unpaired) electrons. The summed E-state index contributed by atoms with van der Waals surface area (Å²) in [5.74, 6) is 0.589. The van der Waals surface area contributed by atoms with Crippen LogP contribution in [0.5, 0.6) is 0 Å². The van der Waals surface area contributed by atoms with Crippen LogP contribution in [0.25, 0.3) is 0 Å². The molecule has 0 spiro atoms. The molecule has 0 aromatic carbocycles. The molecule has 0 atom stereocenters. The number of hydrogen-bond acceptors (Lipinski definition) is 2. The van der Waals surface area contributed by atoms with Crippen LogP contribution in [0, 0.1) is 5.92 Å². The van der Waals surface area contributed by atoms with Crippen molar-refractivity contribution >= 4 is 17.4 Å². The second-order valence-corrected chi connectivity index (χ2v) is 4.15. The van der Waals surface area contributed by atoms with Crippen molar-refractivity contribution in [2.24, 2.45) is 5.92 Å². The first-order chi connectivity index (χ1) is 6.59. The quantitative estimate of drug-likeness (QED) is 0.767. The lowest BCUT2D eigenvalue weighted by Crippen LogP contribution is -2.07. The number of halogens is 1. The minimum absolute atomic E-state index is 0.195. The van der Waals surface area contributed by atoms with Crippen LogP contribution in [0.2, 0.25) is 5.02 Å². The van der Waals surface area contributed by atoms with E-state index in [1.165, 1.54) is 0 Å². The van der Waals surface area contributed by atoms with Gasteiger partial charge in [0.25, 0.3) is 0 Å². The molecule has 1 heterocycles. The second kappa shape index (κ2) is 5.11. The molecule has 1 rings (SSSR count). The Balaban J connectivity index is 2.61. The van der Waals surface area contributed by atoms with Gasteiger partial charge in [0, 0.05) is 12.6 Å². The van der Waals surface area contributed by atoms with Crippen molar-refractivity contribution in [3.05, 3.63) is 29.0 Å². The van der Waals surface area contributed by atoms with E-state index in [2.05, 4.69) is 4.98 Å². The van der Waals surface area contributed by atoms with Crippen molar-refractivity contribution < 1.29 is 4.79 Å². The summed E-state index contributed by atoms with van der Waals surface area (Å²) in [6, 6.07) is 3.52. The Morgan fingerprint density at radius 3 is 2.86 bits per heavy atom. The molecule has 0 saturated carbocycles. The minimum Gasteiger partial charge on any atom is -0.299 e. The molecule has 0 N–H and O–H groups in total. The first kappa shape index (κ1) is 11.2. The predicted molar refractivity (Wildman–Crippen MR) is 57.4 cm³/mol. The maximum absolute atomic E-state index is 11.5. The summed E-state index contributed by atoms with van der Waals surface area (Å²) in [5.41, 5.74) is 0.680. The van der Waals surface area contributed by atoms with Crippen LogP contribution in [-0.4, -0.2) is 10.8 Å². The summed E-state index contributed by atoms with van der Waals surface area (Å²) < 4.78 is 0. The van der Waals surface area contributed by atoms with E-state index in [0.717, 1.165) is 0 Å². The number of hydrogen-bond donors (Lipinski definition) is 0. The van der Waals surface area contributed by atoms with Crippen LogP contribution in [0.1, 0.15) is 26.0 Å². The molecule has 14 heavy (non-hydrogen) atoms. The number of rotatable bonds is 4. The van der Waals surface area contributed by atoms with Gasteiger partial charge >= 0.3 is 0 Å². The van der Waals surface area contributed by atoms with Crippen LogP contribution >= 0.6 is 11.6 Å². The molecular formula is C11H14ClNO. The smallest absolute Gasteiger partial charge is 0.139 e. The maximum Gasteiger partial charge on any atom is 0.139 e. The van der Waals surface area contributed by atoms with Crippen molar-refractivity contribution in [1.29, 1.82) is 0 Å². The van der Waals surface area contributed by atoms with Gasteiger partial charge in [-0.1, -0.05) is 25.4 Å². The third-order valence-corrected chi connectivity index (χ3v) is 2.18. The van der Waals surface area contributed by atoms with Crippen LogP contribution in [0.4, 0.5) is 0 Å². The minimum atomic E-state index is 0.195. The average molecular weight is 212 g/mol. The molecule has 3 heteroatoms. The summed E-state index contributed by atoms with van der Waals surface area (Å²) in [6.45, 7) is 4.05. The van der Waals surface area contributed by atoms with Crippen molar-refractivity contribution in [1.82, 2.24) is 4.98 Å². The fraction of sp³-hybridized carbons (Fsp3) is 0.455. The Kier molecular flexibility index (Phi) is 4.08. The van der Waals surface area contributed by atoms with Gasteiger partial charge in [-0.2, -0.15) is 0 Å². The Morgan fingerprint density at radius 1 is 1.57 bits per heavy atom. The lowest BCUT2D eigenvalue weighted by atomic mass is 10.0. The van der Waals surface area contributed by atoms with E-state index in [-0.39, 0.29) is 5.78 Å². The second-order valence-electron chi connectivity index (χ2n) is 3.75. The van der Waals surface area contributed by atoms with Gasteiger partial charge in [-0.05, 0) is 18.1 Å². The van der Waals surface area contributed by atoms with E-state index in [1.807, 2.05) is 13.8 Å². The highest BCUT2D eigenvalue weighted by atomic mass is 35.5. The summed E-state index contributed by atoms with van der Waals surface area (Å²) >= 11 is 5.89. The maximum atomic E-state index is 11.5. The zero-order valence-electron chi connectivity index (χ0n) is 8.46. The van der Waals surface area contributed by atoms with Gasteiger partial charge in [-0.15, -0.1) is 0 Å². The van der Waals surface area contributed by atoms with E-state index >= 15 is 0 Å². The highest BCUT2D eigenvalue weighted by molar-refractivity contribution is 6.31. The number of nitrogens with zero attached hydrogens (tertiary/aromatic N) is 1. The lowest BCUT2D eigenvalue weighted by molar-refractivity contribution is -0.119. The SMILES string of the molecule is CC(C)CC(=O)Cc1ncccc1Cl. The van der Waals surface area contributed by atoms with E-state index < -0.39 is 0 Å².